The van der Waals surface area contributed by atoms with Crippen LogP contribution in [0.15, 0.2) is 42.5 Å². The molecule has 0 aliphatic carbocycles. The van der Waals surface area contributed by atoms with Gasteiger partial charge in [-0.2, -0.15) is 0 Å². The van der Waals surface area contributed by atoms with E-state index in [1.165, 1.54) is 22.2 Å². The van der Waals surface area contributed by atoms with Gasteiger partial charge in [0.05, 0.1) is 11.0 Å². The molecule has 0 aliphatic heterocycles. The van der Waals surface area contributed by atoms with Crippen LogP contribution in [0.25, 0.3) is 11.0 Å². The highest BCUT2D eigenvalue weighted by Crippen LogP contribution is 2.18. The average molecular weight is 250 g/mol. The molecular formula is C17H18N2. The van der Waals surface area contributed by atoms with Crippen LogP contribution >= 0.6 is 0 Å². The van der Waals surface area contributed by atoms with E-state index in [0.717, 1.165) is 17.8 Å². The number of nitrogens with zero attached hydrogens (tertiary/aromatic N) is 2. The minimum absolute atomic E-state index is 0.879. The van der Waals surface area contributed by atoms with Crippen molar-refractivity contribution in [1.29, 1.82) is 0 Å². The molecule has 0 fully saturated rings. The Morgan fingerprint density at radius 2 is 1.63 bits per heavy atom. The molecule has 0 saturated heterocycles. The van der Waals surface area contributed by atoms with Crippen LogP contribution in [0.5, 0.6) is 0 Å². The Kier molecular flexibility index (Phi) is 2.86. The van der Waals surface area contributed by atoms with E-state index in [-0.39, 0.29) is 0 Å². The summed E-state index contributed by atoms with van der Waals surface area (Å²) < 4.78 is 2.20. The third-order valence-corrected chi connectivity index (χ3v) is 3.61. The summed E-state index contributed by atoms with van der Waals surface area (Å²) in [6.45, 7) is 4.23. The number of hydrogen-bond acceptors (Lipinski definition) is 1. The van der Waals surface area contributed by atoms with Gasteiger partial charge in [0.15, 0.2) is 0 Å². The molecule has 0 unspecified atom stereocenters. The minimum Gasteiger partial charge on any atom is -0.331 e. The van der Waals surface area contributed by atoms with Crippen LogP contribution in [-0.4, -0.2) is 9.55 Å². The Balaban J connectivity index is 2.01. The summed E-state index contributed by atoms with van der Waals surface area (Å²) in [4.78, 5) is 4.73. The second kappa shape index (κ2) is 4.54. The summed E-state index contributed by atoms with van der Waals surface area (Å²) in [7, 11) is 2.10. The molecular weight excluding hydrogens is 232 g/mol. The van der Waals surface area contributed by atoms with Gasteiger partial charge in [0, 0.05) is 13.5 Å². The smallest absolute Gasteiger partial charge is 0.114 e. The van der Waals surface area contributed by atoms with E-state index >= 15 is 0 Å². The molecule has 2 nitrogen and oxygen atoms in total. The van der Waals surface area contributed by atoms with Gasteiger partial charge in [0.1, 0.15) is 5.82 Å². The van der Waals surface area contributed by atoms with Crippen molar-refractivity contribution in [2.75, 3.05) is 0 Å². The van der Waals surface area contributed by atoms with Crippen molar-refractivity contribution in [3.8, 4) is 0 Å². The van der Waals surface area contributed by atoms with Crippen LogP contribution in [0.3, 0.4) is 0 Å². The maximum absolute atomic E-state index is 4.73. The van der Waals surface area contributed by atoms with Gasteiger partial charge in [-0.05, 0) is 37.1 Å². The van der Waals surface area contributed by atoms with E-state index in [9.17, 15) is 0 Å². The predicted octanol–water partition coefficient (Wildman–Crippen LogP) is 3.78. The highest BCUT2D eigenvalue weighted by molar-refractivity contribution is 5.76. The van der Waals surface area contributed by atoms with Crippen molar-refractivity contribution < 1.29 is 0 Å². The van der Waals surface area contributed by atoms with Gasteiger partial charge >= 0.3 is 0 Å². The first-order valence-electron chi connectivity index (χ1n) is 6.61. The third kappa shape index (κ3) is 2.26. The van der Waals surface area contributed by atoms with Crippen LogP contribution in [0.1, 0.15) is 22.5 Å². The maximum atomic E-state index is 4.73. The summed E-state index contributed by atoms with van der Waals surface area (Å²) in [6.07, 6.45) is 0.879. The predicted molar refractivity (Wildman–Crippen MR) is 79.4 cm³/mol. The monoisotopic (exact) mass is 250 g/mol. The zero-order chi connectivity index (χ0) is 13.4. The topological polar surface area (TPSA) is 17.8 Å². The molecule has 19 heavy (non-hydrogen) atoms. The first-order valence-corrected chi connectivity index (χ1v) is 6.61. The molecule has 0 N–H and O–H groups in total. The second-order valence-corrected chi connectivity index (χ2v) is 5.24. The van der Waals surface area contributed by atoms with E-state index in [1.54, 1.807) is 0 Å². The fourth-order valence-electron chi connectivity index (χ4n) is 2.40. The zero-order valence-corrected chi connectivity index (χ0v) is 11.6. The second-order valence-electron chi connectivity index (χ2n) is 5.24. The van der Waals surface area contributed by atoms with E-state index in [1.807, 2.05) is 0 Å². The molecule has 3 aromatic rings. The first kappa shape index (κ1) is 12.0. The van der Waals surface area contributed by atoms with Gasteiger partial charge in [-0.1, -0.05) is 35.9 Å². The molecule has 0 atom stereocenters. The first-order chi connectivity index (χ1) is 9.13. The molecule has 1 aromatic heterocycles. The summed E-state index contributed by atoms with van der Waals surface area (Å²) in [5, 5.41) is 0. The van der Waals surface area contributed by atoms with Gasteiger partial charge in [0.2, 0.25) is 0 Å². The molecule has 0 amide bonds. The lowest BCUT2D eigenvalue weighted by Crippen LogP contribution is -1.99. The Bertz CT molecular complexity index is 721. The third-order valence-electron chi connectivity index (χ3n) is 3.61. The molecule has 2 heteroatoms. The van der Waals surface area contributed by atoms with E-state index in [4.69, 9.17) is 4.98 Å². The van der Waals surface area contributed by atoms with Gasteiger partial charge < -0.3 is 4.57 Å². The molecule has 2 aromatic carbocycles. The van der Waals surface area contributed by atoms with Crippen molar-refractivity contribution in [3.05, 3.63) is 65.0 Å². The summed E-state index contributed by atoms with van der Waals surface area (Å²) in [5.41, 5.74) is 6.17. The lowest BCUT2D eigenvalue weighted by molar-refractivity contribution is 0.844. The van der Waals surface area contributed by atoms with Crippen LogP contribution < -0.4 is 0 Å². The summed E-state index contributed by atoms with van der Waals surface area (Å²) in [5.74, 6) is 1.12. The Hall–Kier alpha value is -2.09. The van der Waals surface area contributed by atoms with Crippen molar-refractivity contribution in [2.24, 2.45) is 7.05 Å². The minimum atomic E-state index is 0.879. The van der Waals surface area contributed by atoms with Crippen molar-refractivity contribution in [1.82, 2.24) is 9.55 Å². The number of aromatic nitrogens is 2. The van der Waals surface area contributed by atoms with Crippen molar-refractivity contribution >= 4 is 11.0 Å². The summed E-state index contributed by atoms with van der Waals surface area (Å²) >= 11 is 0. The van der Waals surface area contributed by atoms with E-state index < -0.39 is 0 Å². The molecule has 1 heterocycles. The molecule has 96 valence electrons. The van der Waals surface area contributed by atoms with Crippen molar-refractivity contribution in [2.45, 2.75) is 20.3 Å². The van der Waals surface area contributed by atoms with Crippen LogP contribution in [-0.2, 0) is 13.5 Å². The van der Waals surface area contributed by atoms with Crippen LogP contribution in [0.2, 0.25) is 0 Å². The quantitative estimate of drug-likeness (QED) is 0.676. The number of fused-ring (bicyclic) bond motifs is 1. The zero-order valence-electron chi connectivity index (χ0n) is 11.6. The van der Waals surface area contributed by atoms with Crippen LogP contribution in [0.4, 0.5) is 0 Å². The number of imidazole rings is 1. The number of rotatable bonds is 2. The fraction of sp³-hybridized carbons (Fsp3) is 0.235. The van der Waals surface area contributed by atoms with Crippen molar-refractivity contribution in [3.63, 3.8) is 0 Å². The van der Waals surface area contributed by atoms with Gasteiger partial charge in [-0.15, -0.1) is 0 Å². The Labute approximate surface area is 113 Å². The van der Waals surface area contributed by atoms with Gasteiger partial charge in [-0.3, -0.25) is 0 Å². The van der Waals surface area contributed by atoms with Gasteiger partial charge in [-0.25, -0.2) is 4.98 Å². The highest BCUT2D eigenvalue weighted by atomic mass is 15.1. The molecule has 0 bridgehead atoms. The molecule has 0 saturated carbocycles. The normalized spacial score (nSPS) is 11.1. The SMILES string of the molecule is Cc1ccc(Cc2nc3ccc(C)cc3n2C)cc1. The fourth-order valence-corrected chi connectivity index (χ4v) is 2.40. The lowest BCUT2D eigenvalue weighted by atomic mass is 10.1. The lowest BCUT2D eigenvalue weighted by Gasteiger charge is -2.03. The number of aryl methyl sites for hydroxylation is 3. The van der Waals surface area contributed by atoms with Gasteiger partial charge in [0.25, 0.3) is 0 Å². The standard InChI is InChI=1S/C17H18N2/c1-12-4-7-14(8-5-12)11-17-18-15-9-6-13(2)10-16(15)19(17)3/h4-10H,11H2,1-3H3. The van der Waals surface area contributed by atoms with E-state index in [2.05, 4.69) is 67.9 Å². The molecule has 0 spiro atoms. The highest BCUT2D eigenvalue weighted by Gasteiger charge is 2.08. The molecule has 3 rings (SSSR count). The molecule has 0 aliphatic rings. The van der Waals surface area contributed by atoms with E-state index in [0.29, 0.717) is 0 Å². The Morgan fingerprint density at radius 3 is 2.37 bits per heavy atom. The van der Waals surface area contributed by atoms with Crippen LogP contribution in [0, 0.1) is 13.8 Å². The molecule has 0 radical (unpaired) electrons. The largest absolute Gasteiger partial charge is 0.331 e. The Morgan fingerprint density at radius 1 is 0.947 bits per heavy atom. The number of benzene rings is 2. The summed E-state index contributed by atoms with van der Waals surface area (Å²) in [6, 6.07) is 15.1. The average Bonchev–Trinajstić information content (AvgIpc) is 2.70. The maximum Gasteiger partial charge on any atom is 0.114 e. The number of hydrogen-bond donors (Lipinski definition) is 0.